The Labute approximate surface area is 172 Å². The summed E-state index contributed by atoms with van der Waals surface area (Å²) in [5, 5.41) is 4.10. The quantitative estimate of drug-likeness (QED) is 0.501. The maximum atomic E-state index is 12.5. The van der Waals surface area contributed by atoms with E-state index in [2.05, 4.69) is 10.3 Å². The van der Waals surface area contributed by atoms with Gasteiger partial charge in [-0.05, 0) is 53.4 Å². The van der Waals surface area contributed by atoms with Crippen molar-refractivity contribution in [1.82, 2.24) is 10.3 Å². The molecule has 5 nitrogen and oxygen atoms in total. The molecule has 144 valence electrons. The summed E-state index contributed by atoms with van der Waals surface area (Å²) in [5.41, 5.74) is 2.58. The van der Waals surface area contributed by atoms with Crippen LogP contribution in [0, 0.1) is 0 Å². The second-order valence-corrected chi connectivity index (χ2v) is 7.04. The van der Waals surface area contributed by atoms with Gasteiger partial charge in [0, 0.05) is 29.3 Å². The van der Waals surface area contributed by atoms with Crippen molar-refractivity contribution >= 4 is 28.5 Å². The number of nitrogens with one attached hydrogen (secondary N) is 1. The van der Waals surface area contributed by atoms with Crippen LogP contribution in [0.5, 0.6) is 0 Å². The zero-order valence-corrected chi connectivity index (χ0v) is 16.1. The van der Waals surface area contributed by atoms with Gasteiger partial charge in [-0.15, -0.1) is 0 Å². The summed E-state index contributed by atoms with van der Waals surface area (Å²) in [6.07, 6.45) is 3.95. The van der Waals surface area contributed by atoms with Crippen LogP contribution in [0.1, 0.15) is 27.0 Å². The second kappa shape index (κ2) is 8.29. The lowest BCUT2D eigenvalue weighted by molar-refractivity contribution is 0.0947. The smallest absolute Gasteiger partial charge is 0.349 e. The topological polar surface area (TPSA) is 72.2 Å². The number of pyridine rings is 1. The van der Waals surface area contributed by atoms with Crippen molar-refractivity contribution in [2.75, 3.05) is 0 Å². The lowest BCUT2D eigenvalue weighted by Crippen LogP contribution is -2.27. The molecule has 1 N–H and O–H groups in total. The zero-order chi connectivity index (χ0) is 20.2. The van der Waals surface area contributed by atoms with Crippen LogP contribution < -0.4 is 10.9 Å². The Kier molecular flexibility index (Phi) is 5.40. The fourth-order valence-corrected chi connectivity index (χ4v) is 3.29. The van der Waals surface area contributed by atoms with Gasteiger partial charge in [0.2, 0.25) is 0 Å². The van der Waals surface area contributed by atoms with Crippen LogP contribution in [0.3, 0.4) is 0 Å². The van der Waals surface area contributed by atoms with E-state index in [0.717, 1.165) is 16.7 Å². The van der Waals surface area contributed by atoms with Crippen LogP contribution in [0.2, 0.25) is 5.02 Å². The number of hydrogen-bond acceptors (Lipinski definition) is 4. The average molecular weight is 405 g/mol. The van der Waals surface area contributed by atoms with Crippen LogP contribution in [0.15, 0.2) is 82.3 Å². The molecule has 0 atom stereocenters. The maximum Gasteiger partial charge on any atom is 0.349 e. The minimum absolute atomic E-state index is 0.0312. The Hall–Kier alpha value is -3.44. The highest BCUT2D eigenvalue weighted by Gasteiger charge is 2.14. The first kappa shape index (κ1) is 18.9. The molecule has 0 bridgehead atoms. The molecule has 4 rings (SSSR count). The summed E-state index contributed by atoms with van der Waals surface area (Å²) in [5.74, 6) is -0.485. The van der Waals surface area contributed by atoms with Gasteiger partial charge >= 0.3 is 5.63 Å². The lowest BCUT2D eigenvalue weighted by Gasteiger charge is -2.07. The molecule has 29 heavy (non-hydrogen) atoms. The fraction of sp³-hybridized carbons (Fsp3) is 0.0870. The molecule has 2 aromatic carbocycles. The third-order valence-corrected chi connectivity index (χ3v) is 4.94. The van der Waals surface area contributed by atoms with E-state index in [1.165, 1.54) is 0 Å². The number of halogens is 1. The first-order valence-corrected chi connectivity index (χ1v) is 9.45. The van der Waals surface area contributed by atoms with E-state index in [1.54, 1.807) is 30.6 Å². The molecule has 0 aliphatic carbocycles. The van der Waals surface area contributed by atoms with Gasteiger partial charge in [-0.25, -0.2) is 4.79 Å². The summed E-state index contributed by atoms with van der Waals surface area (Å²) in [6, 6.07) is 18.4. The molecule has 2 aromatic heterocycles. The summed E-state index contributed by atoms with van der Waals surface area (Å²) in [4.78, 5) is 28.7. The van der Waals surface area contributed by atoms with Crippen LogP contribution in [0.25, 0.3) is 11.0 Å². The van der Waals surface area contributed by atoms with Crippen LogP contribution >= 0.6 is 11.6 Å². The van der Waals surface area contributed by atoms with Crippen LogP contribution in [-0.4, -0.2) is 10.9 Å². The highest BCUT2D eigenvalue weighted by molar-refractivity contribution is 6.31. The Morgan fingerprint density at radius 2 is 1.90 bits per heavy atom. The van der Waals surface area contributed by atoms with Gasteiger partial charge in [0.1, 0.15) is 11.1 Å². The van der Waals surface area contributed by atoms with Crippen molar-refractivity contribution in [3.8, 4) is 0 Å². The number of carbonyl (C=O) groups is 1. The number of hydrogen-bond donors (Lipinski definition) is 1. The molecule has 0 fully saturated rings. The first-order chi connectivity index (χ1) is 14.1. The van der Waals surface area contributed by atoms with Gasteiger partial charge in [-0.2, -0.15) is 0 Å². The van der Waals surface area contributed by atoms with E-state index < -0.39 is 11.5 Å². The standard InChI is InChI=1S/C23H17ClN2O3/c24-20-6-2-1-5-17(20)10-15-7-8-21-18(11-15)12-19(23(28)29-21)22(27)26-14-16-4-3-9-25-13-16/h1-9,11-13H,10,14H2,(H,26,27). The van der Waals surface area contributed by atoms with Gasteiger partial charge < -0.3 is 9.73 Å². The number of rotatable bonds is 5. The second-order valence-electron chi connectivity index (χ2n) is 6.63. The molecule has 0 radical (unpaired) electrons. The molecule has 0 saturated heterocycles. The van der Waals surface area contributed by atoms with E-state index in [-0.39, 0.29) is 12.1 Å². The van der Waals surface area contributed by atoms with Crippen LogP contribution in [-0.2, 0) is 13.0 Å². The van der Waals surface area contributed by atoms with Gasteiger partial charge in [0.15, 0.2) is 0 Å². The molecule has 0 aliphatic heterocycles. The minimum atomic E-state index is -0.667. The number of amides is 1. The predicted molar refractivity (Wildman–Crippen MR) is 112 cm³/mol. The predicted octanol–water partition coefficient (Wildman–Crippen LogP) is 4.36. The molecule has 6 heteroatoms. The van der Waals surface area contributed by atoms with E-state index in [9.17, 15) is 9.59 Å². The molecular weight excluding hydrogens is 388 g/mol. The zero-order valence-electron chi connectivity index (χ0n) is 15.4. The third kappa shape index (κ3) is 4.36. The number of nitrogens with zero attached hydrogens (tertiary/aromatic N) is 1. The van der Waals surface area contributed by atoms with E-state index in [1.807, 2.05) is 42.5 Å². The lowest BCUT2D eigenvalue weighted by atomic mass is 10.0. The molecule has 4 aromatic rings. The van der Waals surface area contributed by atoms with Crippen molar-refractivity contribution in [3.05, 3.63) is 111 Å². The summed E-state index contributed by atoms with van der Waals surface area (Å²) >= 11 is 6.25. The minimum Gasteiger partial charge on any atom is -0.422 e. The molecular formula is C23H17ClN2O3. The largest absolute Gasteiger partial charge is 0.422 e. The van der Waals surface area contributed by atoms with Crippen molar-refractivity contribution in [1.29, 1.82) is 0 Å². The van der Waals surface area contributed by atoms with Crippen LogP contribution in [0.4, 0.5) is 0 Å². The molecule has 1 amide bonds. The van der Waals surface area contributed by atoms with E-state index in [0.29, 0.717) is 22.4 Å². The maximum absolute atomic E-state index is 12.5. The molecule has 2 heterocycles. The number of carbonyl (C=O) groups excluding carboxylic acids is 1. The van der Waals surface area contributed by atoms with Gasteiger partial charge in [0.25, 0.3) is 5.91 Å². The van der Waals surface area contributed by atoms with Gasteiger partial charge in [0.05, 0.1) is 0 Å². The summed E-state index contributed by atoms with van der Waals surface area (Å²) in [6.45, 7) is 0.275. The number of fused-ring (bicyclic) bond motifs is 1. The van der Waals surface area contributed by atoms with Crippen molar-refractivity contribution in [2.24, 2.45) is 0 Å². The first-order valence-electron chi connectivity index (χ1n) is 9.07. The number of aromatic nitrogens is 1. The summed E-state index contributed by atoms with van der Waals surface area (Å²) < 4.78 is 5.34. The van der Waals surface area contributed by atoms with Gasteiger partial charge in [-0.1, -0.05) is 41.9 Å². The highest BCUT2D eigenvalue weighted by atomic mass is 35.5. The van der Waals surface area contributed by atoms with Crippen molar-refractivity contribution in [2.45, 2.75) is 13.0 Å². The third-order valence-electron chi connectivity index (χ3n) is 4.57. The normalized spacial score (nSPS) is 10.8. The Morgan fingerprint density at radius 1 is 1.03 bits per heavy atom. The van der Waals surface area contributed by atoms with E-state index >= 15 is 0 Å². The Bertz CT molecular complexity index is 1240. The molecule has 0 unspecified atom stereocenters. The Balaban J connectivity index is 1.59. The van der Waals surface area contributed by atoms with Crippen molar-refractivity contribution < 1.29 is 9.21 Å². The highest BCUT2D eigenvalue weighted by Crippen LogP contribution is 2.22. The number of benzene rings is 2. The average Bonchev–Trinajstić information content (AvgIpc) is 2.74. The van der Waals surface area contributed by atoms with Crippen molar-refractivity contribution in [3.63, 3.8) is 0 Å². The molecule has 0 aliphatic rings. The summed E-state index contributed by atoms with van der Waals surface area (Å²) in [7, 11) is 0. The van der Waals surface area contributed by atoms with Gasteiger partial charge in [-0.3, -0.25) is 9.78 Å². The molecule has 0 spiro atoms. The monoisotopic (exact) mass is 404 g/mol. The molecule has 0 saturated carbocycles. The Morgan fingerprint density at radius 3 is 2.69 bits per heavy atom. The fourth-order valence-electron chi connectivity index (χ4n) is 3.08. The SMILES string of the molecule is O=C(NCc1cccnc1)c1cc2cc(Cc3ccccc3Cl)ccc2oc1=O. The van der Waals surface area contributed by atoms with E-state index in [4.69, 9.17) is 16.0 Å².